The topological polar surface area (TPSA) is 47.0 Å². The number of ether oxygens (including phenoxy) is 1. The van der Waals surface area contributed by atoms with Gasteiger partial charge in [-0.3, -0.25) is 9.97 Å². The Bertz CT molecular complexity index is 625. The molecule has 0 aliphatic heterocycles. The van der Waals surface area contributed by atoms with Crippen LogP contribution in [0, 0.1) is 20.8 Å². The van der Waals surface area contributed by atoms with E-state index in [1.54, 1.807) is 7.11 Å². The van der Waals surface area contributed by atoms with E-state index in [4.69, 9.17) is 4.74 Å². The first-order valence-corrected chi connectivity index (χ1v) is 7.15. The molecule has 4 nitrogen and oxygen atoms in total. The molecule has 2 heterocycles. The lowest BCUT2D eigenvalue weighted by atomic mass is 10.0. The zero-order valence-electron chi connectivity index (χ0n) is 13.4. The number of aryl methyl sites for hydroxylation is 2. The Morgan fingerprint density at radius 2 is 2.00 bits per heavy atom. The zero-order chi connectivity index (χ0) is 15.4. The van der Waals surface area contributed by atoms with Crippen LogP contribution in [0.2, 0.25) is 0 Å². The highest BCUT2D eigenvalue weighted by Gasteiger charge is 2.16. The number of hydrogen-bond donors (Lipinski definition) is 1. The molecular formula is C17H23N3O. The van der Waals surface area contributed by atoms with Crippen LogP contribution < -0.4 is 10.1 Å². The van der Waals surface area contributed by atoms with Crippen molar-refractivity contribution in [3.05, 3.63) is 52.6 Å². The van der Waals surface area contributed by atoms with Crippen LogP contribution in [0.4, 0.5) is 0 Å². The Morgan fingerprint density at radius 1 is 1.24 bits per heavy atom. The second kappa shape index (κ2) is 6.68. The molecule has 2 aromatic rings. The third-order valence-electron chi connectivity index (χ3n) is 3.79. The Balaban J connectivity index is 2.31. The summed E-state index contributed by atoms with van der Waals surface area (Å²) in [4.78, 5) is 9.05. The molecule has 2 rings (SSSR count). The van der Waals surface area contributed by atoms with E-state index in [-0.39, 0.29) is 6.04 Å². The van der Waals surface area contributed by atoms with Gasteiger partial charge in [0.2, 0.25) is 0 Å². The van der Waals surface area contributed by atoms with E-state index in [0.717, 1.165) is 34.7 Å². The maximum Gasteiger partial charge on any atom is 0.128 e. The average Bonchev–Trinajstić information content (AvgIpc) is 2.47. The molecule has 112 valence electrons. The van der Waals surface area contributed by atoms with Crippen molar-refractivity contribution >= 4 is 0 Å². The fourth-order valence-electron chi connectivity index (χ4n) is 2.57. The Labute approximate surface area is 126 Å². The van der Waals surface area contributed by atoms with Gasteiger partial charge in [-0.25, -0.2) is 0 Å². The van der Waals surface area contributed by atoms with Crippen molar-refractivity contribution in [3.8, 4) is 5.75 Å². The lowest BCUT2D eigenvalue weighted by molar-refractivity contribution is 0.406. The number of pyridine rings is 2. The van der Waals surface area contributed by atoms with Crippen molar-refractivity contribution in [1.29, 1.82) is 0 Å². The van der Waals surface area contributed by atoms with Crippen molar-refractivity contribution in [2.75, 3.05) is 14.2 Å². The highest BCUT2D eigenvalue weighted by molar-refractivity contribution is 5.41. The Morgan fingerprint density at radius 3 is 2.62 bits per heavy atom. The van der Waals surface area contributed by atoms with Crippen LogP contribution in [0.5, 0.6) is 5.75 Å². The van der Waals surface area contributed by atoms with E-state index in [9.17, 15) is 0 Å². The summed E-state index contributed by atoms with van der Waals surface area (Å²) in [5, 5.41) is 3.33. The smallest absolute Gasteiger partial charge is 0.128 e. The first-order valence-electron chi connectivity index (χ1n) is 7.15. The lowest BCUT2D eigenvalue weighted by Gasteiger charge is -2.18. The SMILES string of the molecule is CNC(Cc1ncc(C)c(OC)c1C)c1cc(C)ccn1. The van der Waals surface area contributed by atoms with Gasteiger partial charge in [-0.05, 0) is 45.5 Å². The molecule has 0 aliphatic rings. The van der Waals surface area contributed by atoms with Gasteiger partial charge in [0.1, 0.15) is 5.75 Å². The molecule has 0 bridgehead atoms. The fourth-order valence-corrected chi connectivity index (χ4v) is 2.57. The largest absolute Gasteiger partial charge is 0.496 e. The van der Waals surface area contributed by atoms with Gasteiger partial charge < -0.3 is 10.1 Å². The molecule has 1 atom stereocenters. The zero-order valence-corrected chi connectivity index (χ0v) is 13.4. The van der Waals surface area contributed by atoms with Crippen molar-refractivity contribution < 1.29 is 4.74 Å². The molecule has 0 saturated carbocycles. The summed E-state index contributed by atoms with van der Waals surface area (Å²) in [6, 6.07) is 4.26. The van der Waals surface area contributed by atoms with Gasteiger partial charge in [-0.1, -0.05) is 0 Å². The third kappa shape index (κ3) is 3.39. The van der Waals surface area contributed by atoms with Crippen LogP contribution in [0.25, 0.3) is 0 Å². The molecule has 0 radical (unpaired) electrons. The van der Waals surface area contributed by atoms with E-state index >= 15 is 0 Å². The molecule has 2 aromatic heterocycles. The maximum absolute atomic E-state index is 5.48. The number of nitrogens with zero attached hydrogens (tertiary/aromatic N) is 2. The molecular weight excluding hydrogens is 262 g/mol. The minimum absolute atomic E-state index is 0.142. The molecule has 1 N–H and O–H groups in total. The number of rotatable bonds is 5. The van der Waals surface area contributed by atoms with Gasteiger partial charge >= 0.3 is 0 Å². The third-order valence-corrected chi connectivity index (χ3v) is 3.79. The highest BCUT2D eigenvalue weighted by Crippen LogP contribution is 2.26. The summed E-state index contributed by atoms with van der Waals surface area (Å²) in [6.45, 7) is 6.15. The minimum atomic E-state index is 0.142. The predicted octanol–water partition coefficient (Wildman–Crippen LogP) is 2.91. The first kappa shape index (κ1) is 15.4. The van der Waals surface area contributed by atoms with Gasteiger partial charge in [-0.2, -0.15) is 0 Å². The standard InChI is InChI=1S/C17H23N3O/c1-11-6-7-19-16(8-11)15(18-4)9-14-13(3)17(21-5)12(2)10-20-14/h6-8,10,15,18H,9H2,1-5H3. The molecule has 0 aromatic carbocycles. The molecule has 0 aliphatic carbocycles. The van der Waals surface area contributed by atoms with Crippen molar-refractivity contribution in [2.24, 2.45) is 0 Å². The number of nitrogens with one attached hydrogen (secondary N) is 1. The molecule has 0 spiro atoms. The van der Waals surface area contributed by atoms with Gasteiger partial charge in [-0.15, -0.1) is 0 Å². The van der Waals surface area contributed by atoms with Crippen molar-refractivity contribution in [3.63, 3.8) is 0 Å². The molecule has 1 unspecified atom stereocenters. The number of likely N-dealkylation sites (N-methyl/N-ethyl adjacent to an activating group) is 1. The number of hydrogen-bond acceptors (Lipinski definition) is 4. The average molecular weight is 285 g/mol. The van der Waals surface area contributed by atoms with Crippen LogP contribution in [0.3, 0.4) is 0 Å². The minimum Gasteiger partial charge on any atom is -0.496 e. The van der Waals surface area contributed by atoms with Crippen LogP contribution in [0.1, 0.15) is 34.1 Å². The van der Waals surface area contributed by atoms with Crippen LogP contribution >= 0.6 is 0 Å². The lowest BCUT2D eigenvalue weighted by Crippen LogP contribution is -2.21. The highest BCUT2D eigenvalue weighted by atomic mass is 16.5. The normalized spacial score (nSPS) is 12.2. The summed E-state index contributed by atoms with van der Waals surface area (Å²) in [5.41, 5.74) is 5.46. The second-order valence-electron chi connectivity index (χ2n) is 5.35. The van der Waals surface area contributed by atoms with Crippen LogP contribution in [-0.4, -0.2) is 24.1 Å². The van der Waals surface area contributed by atoms with E-state index in [0.29, 0.717) is 0 Å². The summed E-state index contributed by atoms with van der Waals surface area (Å²) in [6.07, 6.45) is 4.51. The number of methoxy groups -OCH3 is 1. The monoisotopic (exact) mass is 285 g/mol. The molecule has 21 heavy (non-hydrogen) atoms. The summed E-state index contributed by atoms with van der Waals surface area (Å²) in [7, 11) is 3.66. The molecule has 0 amide bonds. The summed E-state index contributed by atoms with van der Waals surface area (Å²) >= 11 is 0. The Kier molecular flexibility index (Phi) is 4.91. The van der Waals surface area contributed by atoms with Crippen molar-refractivity contribution in [2.45, 2.75) is 33.2 Å². The quantitative estimate of drug-likeness (QED) is 0.917. The summed E-state index contributed by atoms with van der Waals surface area (Å²) in [5.74, 6) is 0.923. The second-order valence-corrected chi connectivity index (χ2v) is 5.35. The summed E-state index contributed by atoms with van der Waals surface area (Å²) < 4.78 is 5.48. The molecule has 0 fully saturated rings. The first-order chi connectivity index (χ1) is 10.1. The van der Waals surface area contributed by atoms with E-state index in [1.165, 1.54) is 5.56 Å². The fraction of sp³-hybridized carbons (Fsp3) is 0.412. The van der Waals surface area contributed by atoms with Gasteiger partial charge in [0, 0.05) is 35.6 Å². The maximum atomic E-state index is 5.48. The van der Waals surface area contributed by atoms with E-state index < -0.39 is 0 Å². The Hall–Kier alpha value is -1.94. The molecule has 4 heteroatoms. The van der Waals surface area contributed by atoms with Crippen molar-refractivity contribution in [1.82, 2.24) is 15.3 Å². The molecule has 0 saturated heterocycles. The van der Waals surface area contributed by atoms with Gasteiger partial charge in [0.25, 0.3) is 0 Å². The van der Waals surface area contributed by atoms with Crippen LogP contribution in [-0.2, 0) is 6.42 Å². The van der Waals surface area contributed by atoms with E-state index in [1.807, 2.05) is 32.4 Å². The van der Waals surface area contributed by atoms with Crippen LogP contribution in [0.15, 0.2) is 24.5 Å². The van der Waals surface area contributed by atoms with E-state index in [2.05, 4.69) is 35.2 Å². The number of aromatic nitrogens is 2. The van der Waals surface area contributed by atoms with Gasteiger partial charge in [0.15, 0.2) is 0 Å². The van der Waals surface area contributed by atoms with Gasteiger partial charge in [0.05, 0.1) is 18.8 Å². The predicted molar refractivity (Wildman–Crippen MR) is 84.7 cm³/mol.